The number of carbonyl (C=O) groups is 1. The van der Waals surface area contributed by atoms with Crippen LogP contribution >= 0.6 is 0 Å². The van der Waals surface area contributed by atoms with Crippen molar-refractivity contribution in [1.29, 1.82) is 5.26 Å². The molecule has 0 atom stereocenters. The predicted octanol–water partition coefficient (Wildman–Crippen LogP) is 2.66. The maximum absolute atomic E-state index is 13.4. The molecule has 0 fully saturated rings. The van der Waals surface area contributed by atoms with Crippen molar-refractivity contribution < 1.29 is 14.3 Å². The van der Waals surface area contributed by atoms with Crippen molar-refractivity contribution in [2.45, 2.75) is 0 Å². The Bertz CT molecular complexity index is 640. The van der Waals surface area contributed by atoms with Gasteiger partial charge in [0.15, 0.2) is 5.82 Å². The Balaban J connectivity index is 2.23. The molecule has 5 heteroatoms. The molecule has 2 aromatic carbocycles. The van der Waals surface area contributed by atoms with Gasteiger partial charge in [-0.15, -0.1) is 0 Å². The Labute approximate surface area is 108 Å². The first-order valence-corrected chi connectivity index (χ1v) is 5.41. The molecule has 0 saturated carbocycles. The van der Waals surface area contributed by atoms with Gasteiger partial charge in [-0.05, 0) is 36.4 Å². The predicted molar refractivity (Wildman–Crippen MR) is 67.2 cm³/mol. The standard InChI is InChI=1S/C14H9FN2O2/c15-11-2-1-3-12(18)13(11)17-14(19)10-6-4-9(8-16)5-7-10/h1-7,18H,(H,17,19). The number of para-hydroxylation sites is 1. The summed E-state index contributed by atoms with van der Waals surface area (Å²) in [6.07, 6.45) is 0. The zero-order valence-corrected chi connectivity index (χ0v) is 9.72. The van der Waals surface area contributed by atoms with Crippen molar-refractivity contribution in [2.24, 2.45) is 0 Å². The third kappa shape index (κ3) is 2.69. The van der Waals surface area contributed by atoms with Gasteiger partial charge in [0.1, 0.15) is 11.4 Å². The first kappa shape index (κ1) is 12.6. The topological polar surface area (TPSA) is 73.1 Å². The summed E-state index contributed by atoms with van der Waals surface area (Å²) in [6.45, 7) is 0. The molecular formula is C14H9FN2O2. The first-order valence-electron chi connectivity index (χ1n) is 5.41. The fourth-order valence-electron chi connectivity index (χ4n) is 1.52. The van der Waals surface area contributed by atoms with Crippen LogP contribution in [-0.4, -0.2) is 11.0 Å². The van der Waals surface area contributed by atoms with E-state index in [1.165, 1.54) is 36.4 Å². The van der Waals surface area contributed by atoms with Gasteiger partial charge in [0.05, 0.1) is 11.6 Å². The molecule has 94 valence electrons. The zero-order chi connectivity index (χ0) is 13.8. The molecule has 0 aliphatic rings. The summed E-state index contributed by atoms with van der Waals surface area (Å²) >= 11 is 0. The van der Waals surface area contributed by atoms with E-state index in [2.05, 4.69) is 5.32 Å². The summed E-state index contributed by atoms with van der Waals surface area (Å²) in [5, 5.41) is 20.4. The lowest BCUT2D eigenvalue weighted by atomic mass is 10.1. The van der Waals surface area contributed by atoms with Gasteiger partial charge in [0.2, 0.25) is 0 Å². The zero-order valence-electron chi connectivity index (χ0n) is 9.72. The van der Waals surface area contributed by atoms with Crippen LogP contribution in [0.3, 0.4) is 0 Å². The monoisotopic (exact) mass is 256 g/mol. The lowest BCUT2D eigenvalue weighted by molar-refractivity contribution is 0.102. The highest BCUT2D eigenvalue weighted by Crippen LogP contribution is 2.26. The molecule has 2 N–H and O–H groups in total. The quantitative estimate of drug-likeness (QED) is 0.811. The van der Waals surface area contributed by atoms with E-state index in [-0.39, 0.29) is 17.0 Å². The van der Waals surface area contributed by atoms with E-state index in [4.69, 9.17) is 5.26 Å². The highest BCUT2D eigenvalue weighted by Gasteiger charge is 2.12. The number of benzene rings is 2. The van der Waals surface area contributed by atoms with Gasteiger partial charge < -0.3 is 10.4 Å². The van der Waals surface area contributed by atoms with Gasteiger partial charge in [-0.2, -0.15) is 5.26 Å². The number of nitrogens with zero attached hydrogens (tertiary/aromatic N) is 1. The molecular weight excluding hydrogens is 247 g/mol. The molecule has 0 aliphatic heterocycles. The van der Waals surface area contributed by atoms with Crippen LogP contribution in [0.1, 0.15) is 15.9 Å². The highest BCUT2D eigenvalue weighted by molar-refractivity contribution is 6.05. The van der Waals surface area contributed by atoms with Crippen molar-refractivity contribution >= 4 is 11.6 Å². The Morgan fingerprint density at radius 1 is 1.21 bits per heavy atom. The largest absolute Gasteiger partial charge is 0.506 e. The van der Waals surface area contributed by atoms with Gasteiger partial charge >= 0.3 is 0 Å². The number of carbonyl (C=O) groups excluding carboxylic acids is 1. The van der Waals surface area contributed by atoms with Crippen LogP contribution in [0.4, 0.5) is 10.1 Å². The average molecular weight is 256 g/mol. The number of aromatic hydroxyl groups is 1. The second-order valence-electron chi connectivity index (χ2n) is 3.78. The first-order chi connectivity index (χ1) is 9.11. The van der Waals surface area contributed by atoms with Crippen molar-refractivity contribution in [2.75, 3.05) is 5.32 Å². The summed E-state index contributed by atoms with van der Waals surface area (Å²) in [5.41, 5.74) is 0.420. The summed E-state index contributed by atoms with van der Waals surface area (Å²) in [5.74, 6) is -1.63. The Kier molecular flexibility index (Phi) is 3.44. The maximum Gasteiger partial charge on any atom is 0.255 e. The fourth-order valence-corrected chi connectivity index (χ4v) is 1.52. The number of nitrogens with one attached hydrogen (secondary N) is 1. The fraction of sp³-hybridized carbons (Fsp3) is 0. The number of phenols is 1. The summed E-state index contributed by atoms with van der Waals surface area (Å²) in [4.78, 5) is 11.8. The van der Waals surface area contributed by atoms with Crippen molar-refractivity contribution in [3.8, 4) is 11.8 Å². The SMILES string of the molecule is N#Cc1ccc(C(=O)Nc2c(O)cccc2F)cc1. The lowest BCUT2D eigenvalue weighted by Crippen LogP contribution is -2.13. The van der Waals surface area contributed by atoms with Crippen LogP contribution in [0, 0.1) is 17.1 Å². The molecule has 0 bridgehead atoms. The second-order valence-corrected chi connectivity index (χ2v) is 3.78. The minimum absolute atomic E-state index is 0.265. The molecule has 0 aliphatic carbocycles. The van der Waals surface area contributed by atoms with Crippen LogP contribution in [-0.2, 0) is 0 Å². The summed E-state index contributed by atoms with van der Waals surface area (Å²) in [7, 11) is 0. The number of rotatable bonds is 2. The minimum Gasteiger partial charge on any atom is -0.506 e. The van der Waals surface area contributed by atoms with E-state index in [1.807, 2.05) is 6.07 Å². The molecule has 0 heterocycles. The van der Waals surface area contributed by atoms with E-state index in [0.29, 0.717) is 5.56 Å². The third-order valence-electron chi connectivity index (χ3n) is 2.51. The molecule has 2 rings (SSSR count). The van der Waals surface area contributed by atoms with Gasteiger partial charge in [0.25, 0.3) is 5.91 Å². The van der Waals surface area contributed by atoms with E-state index in [0.717, 1.165) is 6.07 Å². The summed E-state index contributed by atoms with van der Waals surface area (Å²) in [6, 6.07) is 11.5. The number of hydrogen-bond acceptors (Lipinski definition) is 3. The van der Waals surface area contributed by atoms with E-state index < -0.39 is 11.7 Å². The number of anilines is 1. The molecule has 0 aromatic heterocycles. The molecule has 4 nitrogen and oxygen atoms in total. The van der Waals surface area contributed by atoms with Crippen LogP contribution in [0.15, 0.2) is 42.5 Å². The van der Waals surface area contributed by atoms with Gasteiger partial charge in [-0.25, -0.2) is 4.39 Å². The van der Waals surface area contributed by atoms with Gasteiger partial charge in [-0.1, -0.05) is 6.07 Å². The Morgan fingerprint density at radius 3 is 2.47 bits per heavy atom. The number of halogens is 1. The van der Waals surface area contributed by atoms with Crippen LogP contribution in [0.25, 0.3) is 0 Å². The normalized spacial score (nSPS) is 9.68. The van der Waals surface area contributed by atoms with E-state index in [1.54, 1.807) is 0 Å². The molecule has 2 aromatic rings. The Morgan fingerprint density at radius 2 is 1.89 bits per heavy atom. The number of hydrogen-bond donors (Lipinski definition) is 2. The molecule has 0 spiro atoms. The molecule has 0 saturated heterocycles. The highest BCUT2D eigenvalue weighted by atomic mass is 19.1. The number of phenolic OH excluding ortho intramolecular Hbond substituents is 1. The molecule has 0 radical (unpaired) electrons. The Hall–Kier alpha value is -2.87. The molecule has 0 unspecified atom stereocenters. The molecule has 1 amide bonds. The van der Waals surface area contributed by atoms with Gasteiger partial charge in [-0.3, -0.25) is 4.79 Å². The second kappa shape index (κ2) is 5.19. The number of amides is 1. The third-order valence-corrected chi connectivity index (χ3v) is 2.51. The van der Waals surface area contributed by atoms with Gasteiger partial charge in [0, 0.05) is 5.56 Å². The summed E-state index contributed by atoms with van der Waals surface area (Å²) < 4.78 is 13.4. The minimum atomic E-state index is -0.720. The van der Waals surface area contributed by atoms with Crippen molar-refractivity contribution in [3.63, 3.8) is 0 Å². The smallest absolute Gasteiger partial charge is 0.255 e. The van der Waals surface area contributed by atoms with Crippen molar-refractivity contribution in [3.05, 3.63) is 59.4 Å². The van der Waals surface area contributed by atoms with E-state index in [9.17, 15) is 14.3 Å². The van der Waals surface area contributed by atoms with Crippen LogP contribution in [0.5, 0.6) is 5.75 Å². The van der Waals surface area contributed by atoms with E-state index >= 15 is 0 Å². The van der Waals surface area contributed by atoms with Crippen molar-refractivity contribution in [1.82, 2.24) is 0 Å². The molecule has 19 heavy (non-hydrogen) atoms. The maximum atomic E-state index is 13.4. The van der Waals surface area contributed by atoms with Crippen LogP contribution < -0.4 is 5.32 Å². The average Bonchev–Trinajstić information content (AvgIpc) is 2.43. The lowest BCUT2D eigenvalue weighted by Gasteiger charge is -2.08. The van der Waals surface area contributed by atoms with Crippen LogP contribution in [0.2, 0.25) is 0 Å². The number of nitriles is 1.